The van der Waals surface area contributed by atoms with E-state index in [-0.39, 0.29) is 40.0 Å². The molecule has 146 valence electrons. The predicted molar refractivity (Wildman–Crippen MR) is 102 cm³/mol. The number of carbonyl (C=O) groups excluding carboxylic acids is 2. The summed E-state index contributed by atoms with van der Waals surface area (Å²) in [5, 5.41) is 3.00. The van der Waals surface area contributed by atoms with Crippen LogP contribution < -0.4 is 10.1 Å². The van der Waals surface area contributed by atoms with Gasteiger partial charge < -0.3 is 10.1 Å². The zero-order chi connectivity index (χ0) is 19.9. The molecule has 1 aromatic heterocycles. The zero-order valence-corrected chi connectivity index (χ0v) is 16.2. The first-order valence-corrected chi connectivity index (χ1v) is 9.51. The number of benzene rings is 1. The number of aryl methyl sites for hydroxylation is 1. The Bertz CT molecular complexity index is 943. The Labute approximate surface area is 167 Å². The summed E-state index contributed by atoms with van der Waals surface area (Å²) in [6.07, 6.45) is 4.48. The van der Waals surface area contributed by atoms with E-state index in [9.17, 15) is 14.0 Å². The molecule has 2 aromatic rings. The summed E-state index contributed by atoms with van der Waals surface area (Å²) in [4.78, 5) is 28.8. The van der Waals surface area contributed by atoms with Gasteiger partial charge in [-0.3, -0.25) is 14.6 Å². The number of hydrogen-bond donors (Lipinski definition) is 1. The fourth-order valence-electron chi connectivity index (χ4n) is 4.49. The van der Waals surface area contributed by atoms with Crippen molar-refractivity contribution in [2.75, 3.05) is 6.61 Å². The first-order chi connectivity index (χ1) is 13.3. The minimum atomic E-state index is -0.589. The number of halogens is 2. The Hall–Kier alpha value is -2.47. The van der Waals surface area contributed by atoms with Crippen molar-refractivity contribution < 1.29 is 18.7 Å². The molecule has 0 unspecified atom stereocenters. The third-order valence-corrected chi connectivity index (χ3v) is 5.85. The van der Waals surface area contributed by atoms with Crippen LogP contribution in [0.1, 0.15) is 41.7 Å². The van der Waals surface area contributed by atoms with E-state index >= 15 is 0 Å². The van der Waals surface area contributed by atoms with Crippen LogP contribution >= 0.6 is 11.6 Å². The minimum Gasteiger partial charge on any atom is -0.484 e. The van der Waals surface area contributed by atoms with Crippen LogP contribution in [0.2, 0.25) is 5.02 Å². The van der Waals surface area contributed by atoms with Crippen molar-refractivity contribution in [1.29, 1.82) is 0 Å². The van der Waals surface area contributed by atoms with Gasteiger partial charge in [0.05, 0.1) is 5.02 Å². The molecule has 1 amide bonds. The first kappa shape index (κ1) is 18.9. The maximum atomic E-state index is 13.4. The SMILES string of the molecule is Cc1ccnc(C(=O)CC23CC(NC(=O)COc4ccc(Cl)c(F)c4)(C2)C3)c1. The molecule has 7 heteroatoms. The molecule has 1 aromatic carbocycles. The van der Waals surface area contributed by atoms with Gasteiger partial charge in [-0.25, -0.2) is 4.39 Å². The summed E-state index contributed by atoms with van der Waals surface area (Å²) in [6, 6.07) is 7.72. The molecule has 1 N–H and O–H groups in total. The van der Waals surface area contributed by atoms with E-state index in [1.165, 1.54) is 12.1 Å². The molecule has 0 saturated heterocycles. The molecule has 5 rings (SSSR count). The van der Waals surface area contributed by atoms with Crippen LogP contribution in [0.3, 0.4) is 0 Å². The molecule has 3 fully saturated rings. The van der Waals surface area contributed by atoms with Gasteiger partial charge in [-0.2, -0.15) is 0 Å². The Morgan fingerprint density at radius 3 is 2.68 bits per heavy atom. The van der Waals surface area contributed by atoms with Crippen molar-refractivity contribution >= 4 is 23.3 Å². The second kappa shape index (κ2) is 6.85. The molecule has 3 aliphatic rings. The molecule has 0 atom stereocenters. The van der Waals surface area contributed by atoms with Gasteiger partial charge in [0.15, 0.2) is 12.4 Å². The number of rotatable bonds is 7. The van der Waals surface area contributed by atoms with E-state index in [4.69, 9.17) is 16.3 Å². The summed E-state index contributed by atoms with van der Waals surface area (Å²) < 4.78 is 18.7. The Morgan fingerprint density at radius 2 is 2.00 bits per heavy atom. The van der Waals surface area contributed by atoms with E-state index in [1.54, 1.807) is 6.20 Å². The van der Waals surface area contributed by atoms with Crippen LogP contribution in [0.25, 0.3) is 0 Å². The number of pyridine rings is 1. The van der Waals surface area contributed by atoms with Gasteiger partial charge in [0.1, 0.15) is 17.3 Å². The summed E-state index contributed by atoms with van der Waals surface area (Å²) in [5.41, 5.74) is 1.27. The second-order valence-corrected chi connectivity index (χ2v) is 8.45. The van der Waals surface area contributed by atoms with Crippen LogP contribution in [0.5, 0.6) is 5.75 Å². The number of nitrogens with one attached hydrogen (secondary N) is 1. The normalized spacial score (nSPS) is 24.7. The maximum Gasteiger partial charge on any atom is 0.258 e. The molecule has 3 aliphatic carbocycles. The van der Waals surface area contributed by atoms with Crippen LogP contribution in [0, 0.1) is 18.2 Å². The van der Waals surface area contributed by atoms with Gasteiger partial charge in [0, 0.05) is 24.2 Å². The van der Waals surface area contributed by atoms with E-state index in [0.717, 1.165) is 30.9 Å². The number of ether oxygens (including phenoxy) is 1. The largest absolute Gasteiger partial charge is 0.484 e. The molecule has 1 heterocycles. The highest BCUT2D eigenvalue weighted by Gasteiger charge is 2.68. The van der Waals surface area contributed by atoms with Gasteiger partial charge in [-0.15, -0.1) is 0 Å². The molecule has 0 radical (unpaired) electrons. The lowest BCUT2D eigenvalue weighted by atomic mass is 9.38. The predicted octanol–water partition coefficient (Wildman–Crippen LogP) is 3.87. The number of hydrogen-bond acceptors (Lipinski definition) is 4. The van der Waals surface area contributed by atoms with Crippen molar-refractivity contribution in [1.82, 2.24) is 10.3 Å². The third kappa shape index (κ3) is 3.61. The molecule has 0 aliphatic heterocycles. The first-order valence-electron chi connectivity index (χ1n) is 9.13. The Kier molecular flexibility index (Phi) is 4.62. The zero-order valence-electron chi connectivity index (χ0n) is 15.4. The van der Waals surface area contributed by atoms with Gasteiger partial charge >= 0.3 is 0 Å². The van der Waals surface area contributed by atoms with E-state index < -0.39 is 5.82 Å². The fourth-order valence-corrected chi connectivity index (χ4v) is 4.60. The topological polar surface area (TPSA) is 68.3 Å². The smallest absolute Gasteiger partial charge is 0.258 e. The molecule has 3 saturated carbocycles. The average Bonchev–Trinajstić information content (AvgIpc) is 2.59. The number of amides is 1. The standard InChI is InChI=1S/C21H20ClFN2O3/c1-13-4-5-24-17(6-13)18(26)8-20-10-21(11-20,12-20)25-19(27)9-28-14-2-3-15(22)16(23)7-14/h2-7H,8-12H2,1H3,(H,25,27). The summed E-state index contributed by atoms with van der Waals surface area (Å²) in [6.45, 7) is 1.74. The van der Waals surface area contributed by atoms with Gasteiger partial charge in [0.25, 0.3) is 5.91 Å². The fraction of sp³-hybridized carbons (Fsp3) is 0.381. The highest BCUT2D eigenvalue weighted by Crippen LogP contribution is 2.69. The quantitative estimate of drug-likeness (QED) is 0.714. The summed E-state index contributed by atoms with van der Waals surface area (Å²) >= 11 is 5.62. The van der Waals surface area contributed by atoms with Crippen molar-refractivity contribution in [3.63, 3.8) is 0 Å². The van der Waals surface area contributed by atoms with E-state index in [2.05, 4.69) is 10.3 Å². The molecular formula is C21H20ClFN2O3. The lowest BCUT2D eigenvalue weighted by Gasteiger charge is -2.70. The number of aromatic nitrogens is 1. The molecule has 28 heavy (non-hydrogen) atoms. The summed E-state index contributed by atoms with van der Waals surface area (Å²) in [7, 11) is 0. The van der Waals surface area contributed by atoms with Crippen molar-refractivity contribution in [2.45, 2.75) is 38.1 Å². The summed E-state index contributed by atoms with van der Waals surface area (Å²) in [5.74, 6) is -0.539. The highest BCUT2D eigenvalue weighted by molar-refractivity contribution is 6.30. The highest BCUT2D eigenvalue weighted by atomic mass is 35.5. The van der Waals surface area contributed by atoms with Crippen LogP contribution in [0.4, 0.5) is 4.39 Å². The average molecular weight is 403 g/mol. The maximum absolute atomic E-state index is 13.4. The third-order valence-electron chi connectivity index (χ3n) is 5.54. The van der Waals surface area contributed by atoms with Gasteiger partial charge in [-0.1, -0.05) is 11.6 Å². The van der Waals surface area contributed by atoms with E-state index in [0.29, 0.717) is 12.1 Å². The molecule has 5 nitrogen and oxygen atoms in total. The molecular weight excluding hydrogens is 383 g/mol. The van der Waals surface area contributed by atoms with Crippen LogP contribution in [-0.4, -0.2) is 28.8 Å². The van der Waals surface area contributed by atoms with Crippen molar-refractivity contribution in [3.05, 3.63) is 58.6 Å². The van der Waals surface area contributed by atoms with Gasteiger partial charge in [-0.05, 0) is 61.4 Å². The van der Waals surface area contributed by atoms with Crippen LogP contribution in [0.15, 0.2) is 36.5 Å². The van der Waals surface area contributed by atoms with Crippen LogP contribution in [-0.2, 0) is 4.79 Å². The number of Topliss-reactive ketones (excluding diaryl/α,β-unsaturated/α-hetero) is 1. The number of ketones is 1. The lowest BCUT2D eigenvalue weighted by molar-refractivity contribution is -0.164. The van der Waals surface area contributed by atoms with Crippen molar-refractivity contribution in [3.8, 4) is 5.75 Å². The van der Waals surface area contributed by atoms with Gasteiger partial charge in [0.2, 0.25) is 0 Å². The monoisotopic (exact) mass is 402 g/mol. The molecule has 0 spiro atoms. The van der Waals surface area contributed by atoms with Crippen molar-refractivity contribution in [2.24, 2.45) is 5.41 Å². The van der Waals surface area contributed by atoms with E-state index in [1.807, 2.05) is 19.1 Å². The Balaban J connectivity index is 1.24. The lowest BCUT2D eigenvalue weighted by Crippen LogP contribution is -2.75. The number of carbonyl (C=O) groups is 2. The molecule has 2 bridgehead atoms. The second-order valence-electron chi connectivity index (χ2n) is 8.04. The number of nitrogens with zero attached hydrogens (tertiary/aromatic N) is 1. The minimum absolute atomic E-state index is 0.00590. The Morgan fingerprint density at radius 1 is 1.25 bits per heavy atom.